The van der Waals surface area contributed by atoms with Crippen LogP contribution in [-0.2, 0) is 11.3 Å². The molecule has 1 rings (SSSR count). The smallest absolute Gasteiger partial charge is 0.0882 e. The summed E-state index contributed by atoms with van der Waals surface area (Å²) in [6.45, 7) is 2.64. The summed E-state index contributed by atoms with van der Waals surface area (Å²) >= 11 is 11.6. The van der Waals surface area contributed by atoms with Gasteiger partial charge in [-0.1, -0.05) is 50.7 Å². The second-order valence-electron chi connectivity index (χ2n) is 3.64. The Morgan fingerprint density at radius 3 is 2.80 bits per heavy atom. The van der Waals surface area contributed by atoms with Crippen LogP contribution in [0.1, 0.15) is 12.5 Å². The van der Waals surface area contributed by atoms with E-state index in [-0.39, 0.29) is 5.60 Å². The van der Waals surface area contributed by atoms with Crippen LogP contribution in [0.3, 0.4) is 0 Å². The van der Waals surface area contributed by atoms with Crippen molar-refractivity contribution in [3.8, 4) is 0 Å². The lowest BCUT2D eigenvalue weighted by Gasteiger charge is -2.25. The summed E-state index contributed by atoms with van der Waals surface area (Å²) in [4.78, 5) is 0. The number of hydrogen-bond acceptors (Lipinski definition) is 1. The quantitative estimate of drug-likeness (QED) is 0.523. The highest BCUT2D eigenvalue weighted by Gasteiger charge is 2.22. The Labute approximate surface area is 118 Å². The molecule has 0 bridgehead atoms. The second-order valence-corrected chi connectivity index (χ2v) is 5.58. The van der Waals surface area contributed by atoms with Gasteiger partial charge in [-0.25, -0.2) is 0 Å². The number of alkyl halides is 2. The largest absolute Gasteiger partial charge is 0.369 e. The molecule has 0 N–H and O–H groups in total. The van der Waals surface area contributed by atoms with Crippen molar-refractivity contribution in [2.75, 3.05) is 10.3 Å². The topological polar surface area (TPSA) is 9.23 Å². The van der Waals surface area contributed by atoms with Crippen molar-refractivity contribution < 1.29 is 4.74 Å². The molecule has 0 aliphatic heterocycles. The lowest BCUT2D eigenvalue weighted by Crippen LogP contribution is -2.32. The highest BCUT2D eigenvalue weighted by Crippen LogP contribution is 2.19. The van der Waals surface area contributed by atoms with Crippen molar-refractivity contribution in [3.05, 3.63) is 34.3 Å². The van der Waals surface area contributed by atoms with E-state index in [0.717, 1.165) is 14.5 Å². The summed E-state index contributed by atoms with van der Waals surface area (Å²) in [5, 5.41) is 0. The monoisotopic (exact) mass is 402 g/mol. The van der Waals surface area contributed by atoms with E-state index in [2.05, 4.69) is 44.6 Å². The first-order valence-electron chi connectivity index (χ1n) is 4.60. The summed E-state index contributed by atoms with van der Waals surface area (Å²) in [6.07, 6.45) is 0. The maximum absolute atomic E-state index is 5.87. The fourth-order valence-electron chi connectivity index (χ4n) is 0.997. The zero-order valence-corrected chi connectivity index (χ0v) is 13.0. The molecule has 0 saturated carbocycles. The van der Waals surface area contributed by atoms with E-state index in [1.807, 2.05) is 25.1 Å². The molecule has 0 fully saturated rings. The van der Waals surface area contributed by atoms with Crippen molar-refractivity contribution in [1.82, 2.24) is 0 Å². The Balaban J connectivity index is 2.56. The van der Waals surface area contributed by atoms with Crippen molar-refractivity contribution in [1.29, 1.82) is 0 Å². The molecule has 0 heterocycles. The third kappa shape index (κ3) is 4.59. The zero-order valence-electron chi connectivity index (χ0n) is 8.47. The number of halogens is 3. The van der Waals surface area contributed by atoms with Gasteiger partial charge in [0.1, 0.15) is 0 Å². The molecular weight excluding hydrogens is 390 g/mol. The number of benzene rings is 1. The molecule has 0 radical (unpaired) electrons. The first-order valence-corrected chi connectivity index (χ1v) is 7.45. The van der Waals surface area contributed by atoms with Crippen LogP contribution in [0.15, 0.2) is 28.7 Å². The Morgan fingerprint density at radius 2 is 2.27 bits per heavy atom. The first kappa shape index (κ1) is 13.7. The van der Waals surface area contributed by atoms with E-state index >= 15 is 0 Å². The predicted octanol–water partition coefficient (Wildman–Crippen LogP) is 4.40. The molecule has 0 aromatic heterocycles. The van der Waals surface area contributed by atoms with Gasteiger partial charge < -0.3 is 4.74 Å². The molecule has 15 heavy (non-hydrogen) atoms. The molecule has 0 aliphatic rings. The highest BCUT2D eigenvalue weighted by molar-refractivity contribution is 14.1. The molecule has 0 saturated heterocycles. The van der Waals surface area contributed by atoms with Gasteiger partial charge in [-0.05, 0) is 24.6 Å². The van der Waals surface area contributed by atoms with Crippen LogP contribution in [0.2, 0.25) is 0 Å². The third-order valence-electron chi connectivity index (χ3n) is 2.04. The van der Waals surface area contributed by atoms with E-state index in [9.17, 15) is 0 Å². The molecule has 0 aliphatic carbocycles. The summed E-state index contributed by atoms with van der Waals surface area (Å²) in [5.74, 6) is 0.518. The average molecular weight is 403 g/mol. The summed E-state index contributed by atoms with van der Waals surface area (Å²) in [6, 6.07) is 8.11. The Kier molecular flexibility index (Phi) is 5.89. The van der Waals surface area contributed by atoms with Gasteiger partial charge in [0.2, 0.25) is 0 Å². The van der Waals surface area contributed by atoms with E-state index in [1.165, 1.54) is 0 Å². The van der Waals surface area contributed by atoms with Crippen LogP contribution in [0.25, 0.3) is 0 Å². The van der Waals surface area contributed by atoms with Gasteiger partial charge in [0, 0.05) is 8.90 Å². The second kappa shape index (κ2) is 6.42. The Bertz CT molecular complexity index is 315. The Morgan fingerprint density at radius 1 is 1.53 bits per heavy atom. The van der Waals surface area contributed by atoms with Crippen LogP contribution in [-0.4, -0.2) is 15.9 Å². The third-order valence-corrected chi connectivity index (χ3v) is 4.71. The highest BCUT2D eigenvalue weighted by atomic mass is 127. The molecule has 0 spiro atoms. The van der Waals surface area contributed by atoms with E-state index in [4.69, 9.17) is 16.3 Å². The van der Waals surface area contributed by atoms with Crippen molar-refractivity contribution in [3.63, 3.8) is 0 Å². The fourth-order valence-corrected chi connectivity index (χ4v) is 2.42. The van der Waals surface area contributed by atoms with Gasteiger partial charge in [0.15, 0.2) is 0 Å². The average Bonchev–Trinajstić information content (AvgIpc) is 2.26. The van der Waals surface area contributed by atoms with Gasteiger partial charge in [0.05, 0.1) is 18.1 Å². The van der Waals surface area contributed by atoms with Gasteiger partial charge in [-0.15, -0.1) is 11.6 Å². The molecule has 4 heteroatoms. The van der Waals surface area contributed by atoms with Gasteiger partial charge in [-0.3, -0.25) is 0 Å². The molecule has 1 aromatic carbocycles. The molecule has 1 aromatic rings. The van der Waals surface area contributed by atoms with Crippen LogP contribution < -0.4 is 0 Å². The van der Waals surface area contributed by atoms with Crippen molar-refractivity contribution >= 4 is 50.1 Å². The molecule has 0 amide bonds. The van der Waals surface area contributed by atoms with Crippen LogP contribution in [0.5, 0.6) is 0 Å². The van der Waals surface area contributed by atoms with Crippen LogP contribution in [0.4, 0.5) is 0 Å². The summed E-state index contributed by atoms with van der Waals surface area (Å²) < 4.78 is 7.77. The van der Waals surface area contributed by atoms with Gasteiger partial charge in [0.25, 0.3) is 0 Å². The molecule has 1 nitrogen and oxygen atoms in total. The lowest BCUT2D eigenvalue weighted by atomic mass is 10.2. The minimum atomic E-state index is -0.232. The van der Waals surface area contributed by atoms with Crippen molar-refractivity contribution in [2.45, 2.75) is 19.1 Å². The van der Waals surface area contributed by atoms with Gasteiger partial charge in [-0.2, -0.15) is 0 Å². The molecule has 1 atom stereocenters. The lowest BCUT2D eigenvalue weighted by molar-refractivity contribution is -0.00643. The summed E-state index contributed by atoms with van der Waals surface area (Å²) in [5.41, 5.74) is 0.926. The molecular formula is C11H13BrClIO. The van der Waals surface area contributed by atoms with E-state index in [0.29, 0.717) is 12.5 Å². The Hall–Kier alpha value is 0.680. The normalized spacial score (nSPS) is 14.9. The standard InChI is InChI=1S/C11H13BrClIO/c1-11(7-13,8-14)15-6-9-3-2-4-10(12)5-9/h2-5H,6-8H2,1H3. The maximum Gasteiger partial charge on any atom is 0.0882 e. The predicted molar refractivity (Wildman–Crippen MR) is 76.9 cm³/mol. The minimum absolute atomic E-state index is 0.232. The first-order chi connectivity index (χ1) is 7.09. The van der Waals surface area contributed by atoms with E-state index in [1.54, 1.807) is 0 Å². The zero-order chi connectivity index (χ0) is 11.3. The fraction of sp³-hybridized carbons (Fsp3) is 0.455. The van der Waals surface area contributed by atoms with Gasteiger partial charge >= 0.3 is 0 Å². The number of rotatable bonds is 5. The molecule has 84 valence electrons. The summed E-state index contributed by atoms with van der Waals surface area (Å²) in [7, 11) is 0. The SMILES string of the molecule is CC(CCl)(CI)OCc1cccc(Br)c1. The van der Waals surface area contributed by atoms with Crippen LogP contribution in [0, 0.1) is 0 Å². The van der Waals surface area contributed by atoms with Crippen LogP contribution >= 0.6 is 50.1 Å². The number of hydrogen-bond donors (Lipinski definition) is 0. The molecule has 1 unspecified atom stereocenters. The minimum Gasteiger partial charge on any atom is -0.369 e. The maximum atomic E-state index is 5.87. The van der Waals surface area contributed by atoms with Crippen molar-refractivity contribution in [2.24, 2.45) is 0 Å². The van der Waals surface area contributed by atoms with E-state index < -0.39 is 0 Å². The number of ether oxygens (including phenoxy) is 1.